The second kappa shape index (κ2) is 7.95. The van der Waals surface area contributed by atoms with Crippen LogP contribution in [0.1, 0.15) is 21.7 Å². The van der Waals surface area contributed by atoms with Crippen molar-refractivity contribution in [3.05, 3.63) is 77.6 Å². The highest BCUT2D eigenvalue weighted by molar-refractivity contribution is 7.80. The zero-order valence-electron chi connectivity index (χ0n) is 14.2. The smallest absolute Gasteiger partial charge is 0.257 e. The van der Waals surface area contributed by atoms with Crippen molar-refractivity contribution in [1.29, 1.82) is 0 Å². The van der Waals surface area contributed by atoms with Gasteiger partial charge in [0.2, 0.25) is 0 Å². The van der Waals surface area contributed by atoms with Crippen molar-refractivity contribution in [2.24, 2.45) is 0 Å². The second-order valence-electron chi connectivity index (χ2n) is 5.78. The maximum Gasteiger partial charge on any atom is 0.257 e. The molecule has 6 heteroatoms. The van der Waals surface area contributed by atoms with Gasteiger partial charge in [0.25, 0.3) is 5.91 Å². The quantitative estimate of drug-likeness (QED) is 0.611. The number of anilines is 1. The Bertz CT molecular complexity index is 949. The van der Waals surface area contributed by atoms with E-state index < -0.39 is 0 Å². The fourth-order valence-electron chi connectivity index (χ4n) is 2.49. The maximum absolute atomic E-state index is 12.2. The minimum absolute atomic E-state index is 0.146. The molecule has 0 aliphatic carbocycles. The Morgan fingerprint density at radius 3 is 2.65 bits per heavy atom. The Morgan fingerprint density at radius 1 is 1.12 bits per heavy atom. The van der Waals surface area contributed by atoms with Gasteiger partial charge < -0.3 is 14.8 Å². The number of amides is 1. The van der Waals surface area contributed by atoms with Gasteiger partial charge >= 0.3 is 0 Å². The van der Waals surface area contributed by atoms with Crippen LogP contribution in [0.5, 0.6) is 0 Å². The summed E-state index contributed by atoms with van der Waals surface area (Å²) < 4.78 is 5.53. The first-order valence-electron chi connectivity index (χ1n) is 8.04. The van der Waals surface area contributed by atoms with Crippen LogP contribution in [0.4, 0.5) is 5.69 Å². The zero-order chi connectivity index (χ0) is 18.5. The molecular formula is C20H18N2O3S. The Balaban J connectivity index is 1.67. The highest BCUT2D eigenvalue weighted by atomic mass is 32.1. The van der Waals surface area contributed by atoms with E-state index in [0.717, 1.165) is 16.8 Å². The van der Waals surface area contributed by atoms with E-state index in [1.165, 1.54) is 0 Å². The number of benzene rings is 2. The lowest BCUT2D eigenvalue weighted by atomic mass is 10.1. The molecule has 2 aromatic carbocycles. The number of carbonyl (C=O) groups is 1. The number of aryl methyl sites for hydroxylation is 1. The fourth-order valence-corrected chi connectivity index (χ4v) is 2.70. The summed E-state index contributed by atoms with van der Waals surface area (Å²) in [5.74, 6) is 0.882. The number of thiocarbonyl (C=S) groups is 1. The third-order valence-electron chi connectivity index (χ3n) is 3.73. The standard InChI is InChI=1S/C20H18N2O3S/c1-13-4-2-6-15(10-13)19(24)22-20(26)21-16-7-3-5-14(11-16)18-9-8-17(12-23)25-18/h2-11,23H,12H2,1H3,(H2,21,22,24,26). The van der Waals surface area contributed by atoms with Crippen molar-refractivity contribution >= 4 is 28.9 Å². The van der Waals surface area contributed by atoms with E-state index in [4.69, 9.17) is 21.7 Å². The first kappa shape index (κ1) is 17.8. The molecule has 3 aromatic rings. The summed E-state index contributed by atoms with van der Waals surface area (Å²) in [7, 11) is 0. The summed E-state index contributed by atoms with van der Waals surface area (Å²) in [5, 5.41) is 15.0. The van der Waals surface area contributed by atoms with E-state index >= 15 is 0 Å². The van der Waals surface area contributed by atoms with Crippen molar-refractivity contribution < 1.29 is 14.3 Å². The summed E-state index contributed by atoms with van der Waals surface area (Å²) in [6.07, 6.45) is 0. The largest absolute Gasteiger partial charge is 0.459 e. The van der Waals surface area contributed by atoms with Crippen LogP contribution >= 0.6 is 12.2 Å². The summed E-state index contributed by atoms with van der Waals surface area (Å²) >= 11 is 5.23. The molecule has 1 heterocycles. The summed E-state index contributed by atoms with van der Waals surface area (Å²) in [5.41, 5.74) is 3.11. The fraction of sp³-hybridized carbons (Fsp3) is 0.100. The number of carbonyl (C=O) groups excluding carboxylic acids is 1. The van der Waals surface area contributed by atoms with Gasteiger partial charge in [0, 0.05) is 16.8 Å². The molecule has 0 saturated carbocycles. The van der Waals surface area contributed by atoms with Crippen LogP contribution in [0.3, 0.4) is 0 Å². The van der Waals surface area contributed by atoms with Gasteiger partial charge in [0.05, 0.1) is 0 Å². The van der Waals surface area contributed by atoms with Gasteiger partial charge in [0.1, 0.15) is 18.1 Å². The predicted octanol–water partition coefficient (Wildman–Crippen LogP) is 3.87. The topological polar surface area (TPSA) is 74.5 Å². The molecule has 0 saturated heterocycles. The predicted molar refractivity (Wildman–Crippen MR) is 105 cm³/mol. The van der Waals surface area contributed by atoms with Crippen molar-refractivity contribution in [2.75, 3.05) is 5.32 Å². The minimum atomic E-state index is -0.263. The van der Waals surface area contributed by atoms with E-state index in [2.05, 4.69) is 10.6 Å². The van der Waals surface area contributed by atoms with Gasteiger partial charge in [-0.25, -0.2) is 0 Å². The van der Waals surface area contributed by atoms with Gasteiger partial charge in [-0.15, -0.1) is 0 Å². The third kappa shape index (κ3) is 4.36. The molecule has 0 aliphatic rings. The van der Waals surface area contributed by atoms with Gasteiger partial charge in [-0.3, -0.25) is 10.1 Å². The number of furan rings is 1. The molecule has 26 heavy (non-hydrogen) atoms. The van der Waals surface area contributed by atoms with Crippen LogP contribution < -0.4 is 10.6 Å². The van der Waals surface area contributed by atoms with E-state index in [-0.39, 0.29) is 17.6 Å². The molecule has 3 rings (SSSR count). The number of nitrogens with one attached hydrogen (secondary N) is 2. The summed E-state index contributed by atoms with van der Waals surface area (Å²) in [6.45, 7) is 1.78. The van der Waals surface area contributed by atoms with Gasteiger partial charge in [-0.2, -0.15) is 0 Å². The van der Waals surface area contributed by atoms with Gasteiger partial charge in [-0.1, -0.05) is 29.8 Å². The lowest BCUT2D eigenvalue weighted by molar-refractivity contribution is 0.0977. The molecule has 0 spiro atoms. The monoisotopic (exact) mass is 366 g/mol. The number of hydrogen-bond acceptors (Lipinski definition) is 4. The Labute approximate surface area is 156 Å². The van der Waals surface area contributed by atoms with Crippen molar-refractivity contribution in [1.82, 2.24) is 5.32 Å². The molecule has 1 amide bonds. The molecule has 132 valence electrons. The number of rotatable bonds is 4. The van der Waals surface area contributed by atoms with Crippen LogP contribution in [0.15, 0.2) is 65.1 Å². The molecular weight excluding hydrogens is 348 g/mol. The average Bonchev–Trinajstić information content (AvgIpc) is 3.11. The normalized spacial score (nSPS) is 10.4. The van der Waals surface area contributed by atoms with Crippen LogP contribution in [-0.4, -0.2) is 16.1 Å². The molecule has 5 nitrogen and oxygen atoms in total. The number of aliphatic hydroxyl groups is 1. The lowest BCUT2D eigenvalue weighted by Gasteiger charge is -2.10. The highest BCUT2D eigenvalue weighted by Crippen LogP contribution is 2.24. The van der Waals surface area contributed by atoms with E-state index in [9.17, 15) is 4.79 Å². The first-order valence-corrected chi connectivity index (χ1v) is 8.45. The van der Waals surface area contributed by atoms with E-state index in [0.29, 0.717) is 17.1 Å². The third-order valence-corrected chi connectivity index (χ3v) is 3.93. The Morgan fingerprint density at radius 2 is 1.92 bits per heavy atom. The minimum Gasteiger partial charge on any atom is -0.459 e. The van der Waals surface area contributed by atoms with E-state index in [1.807, 2.05) is 43.3 Å². The van der Waals surface area contributed by atoms with Crippen LogP contribution in [-0.2, 0) is 6.61 Å². The summed E-state index contributed by atoms with van der Waals surface area (Å²) in [4.78, 5) is 12.2. The summed E-state index contributed by atoms with van der Waals surface area (Å²) in [6, 6.07) is 18.2. The van der Waals surface area contributed by atoms with Crippen LogP contribution in [0, 0.1) is 6.92 Å². The van der Waals surface area contributed by atoms with E-state index in [1.54, 1.807) is 24.3 Å². The maximum atomic E-state index is 12.2. The molecule has 0 atom stereocenters. The molecule has 0 radical (unpaired) electrons. The molecule has 0 aliphatic heterocycles. The number of aliphatic hydroxyl groups excluding tert-OH is 1. The van der Waals surface area contributed by atoms with Crippen molar-refractivity contribution in [3.63, 3.8) is 0 Å². The SMILES string of the molecule is Cc1cccc(C(=O)NC(=S)Nc2cccc(-c3ccc(CO)o3)c2)c1. The molecule has 3 N–H and O–H groups in total. The van der Waals surface area contributed by atoms with Crippen LogP contribution in [0.2, 0.25) is 0 Å². The second-order valence-corrected chi connectivity index (χ2v) is 6.19. The zero-order valence-corrected chi connectivity index (χ0v) is 15.0. The molecule has 0 unspecified atom stereocenters. The van der Waals surface area contributed by atoms with Crippen molar-refractivity contribution in [3.8, 4) is 11.3 Å². The molecule has 1 aromatic heterocycles. The Kier molecular flexibility index (Phi) is 5.46. The van der Waals surface area contributed by atoms with Gasteiger partial charge in [0.15, 0.2) is 5.11 Å². The van der Waals surface area contributed by atoms with Gasteiger partial charge in [-0.05, 0) is 55.5 Å². The highest BCUT2D eigenvalue weighted by Gasteiger charge is 2.09. The molecule has 0 fully saturated rings. The first-order chi connectivity index (χ1) is 12.5. The van der Waals surface area contributed by atoms with Crippen molar-refractivity contribution in [2.45, 2.75) is 13.5 Å². The molecule has 0 bridgehead atoms. The Hall–Kier alpha value is -2.96. The lowest BCUT2D eigenvalue weighted by Crippen LogP contribution is -2.34. The average molecular weight is 366 g/mol. The number of hydrogen-bond donors (Lipinski definition) is 3. The van der Waals surface area contributed by atoms with Crippen LogP contribution in [0.25, 0.3) is 11.3 Å².